The molecule has 0 aliphatic rings. The van der Waals surface area contributed by atoms with Crippen molar-refractivity contribution in [1.82, 2.24) is 4.98 Å². The van der Waals surface area contributed by atoms with E-state index in [9.17, 15) is 5.11 Å². The monoisotopic (exact) mass is 529 g/mol. The highest BCUT2D eigenvalue weighted by atomic mass is 32.1. The van der Waals surface area contributed by atoms with E-state index in [1.165, 1.54) is 11.3 Å². The summed E-state index contributed by atoms with van der Waals surface area (Å²) < 4.78 is 24.3. The number of aliphatic hydroxyl groups is 1. The predicted octanol–water partition coefficient (Wildman–Crippen LogP) is 6.61. The molecule has 4 unspecified atom stereocenters. The molecule has 1 aromatic rings. The topological polar surface area (TPSA) is 70.0 Å². The van der Waals surface area contributed by atoms with E-state index < -0.39 is 6.10 Å². The van der Waals surface area contributed by atoms with Crippen molar-refractivity contribution in [2.45, 2.75) is 118 Å². The number of thiazole rings is 1. The first kappa shape index (κ1) is 33.5. The summed E-state index contributed by atoms with van der Waals surface area (Å²) in [6.07, 6.45) is 5.18. The zero-order chi connectivity index (χ0) is 27.2. The molecule has 0 bridgehead atoms. The Hall–Kier alpha value is -0.570. The number of rotatable bonds is 21. The molecule has 0 radical (unpaired) electrons. The molecule has 4 atom stereocenters. The molecule has 0 aliphatic carbocycles. The number of hydrogen-bond donors (Lipinski definition) is 1. The van der Waals surface area contributed by atoms with E-state index in [2.05, 4.69) is 60.4 Å². The fraction of sp³-hybridized carbons (Fsp3) is 0.897. The van der Waals surface area contributed by atoms with Gasteiger partial charge in [0, 0.05) is 29.9 Å². The highest BCUT2D eigenvalue weighted by Gasteiger charge is 2.44. The van der Waals surface area contributed by atoms with Crippen LogP contribution in [0.5, 0.6) is 0 Å². The molecule has 0 saturated heterocycles. The molecule has 36 heavy (non-hydrogen) atoms. The Balaban J connectivity index is 2.37. The molecule has 0 amide bonds. The first-order valence-electron chi connectivity index (χ1n) is 13.9. The van der Waals surface area contributed by atoms with Gasteiger partial charge < -0.3 is 24.1 Å². The van der Waals surface area contributed by atoms with Crippen LogP contribution < -0.4 is 0 Å². The molecule has 1 heterocycles. The largest absolute Gasteiger partial charge is 0.388 e. The molecule has 0 aromatic carbocycles. The maximum Gasteiger partial charge on any atom is 0.101 e. The Labute approximate surface area is 225 Å². The zero-order valence-corrected chi connectivity index (χ0v) is 25.5. The molecule has 0 saturated carbocycles. The molecule has 1 aromatic heterocycles. The van der Waals surface area contributed by atoms with Crippen molar-refractivity contribution in [3.05, 3.63) is 16.1 Å². The minimum absolute atomic E-state index is 0.0828. The van der Waals surface area contributed by atoms with Gasteiger partial charge in [-0.15, -0.1) is 11.3 Å². The lowest BCUT2D eigenvalue weighted by Gasteiger charge is -2.47. The summed E-state index contributed by atoms with van der Waals surface area (Å²) in [7, 11) is 0. The van der Waals surface area contributed by atoms with Crippen molar-refractivity contribution in [2.75, 3.05) is 39.6 Å². The molecule has 1 N–H and O–H groups in total. The van der Waals surface area contributed by atoms with Gasteiger partial charge in [0.05, 0.1) is 48.8 Å². The third kappa shape index (κ3) is 11.4. The summed E-state index contributed by atoms with van der Waals surface area (Å²) in [6, 6.07) is 0. The summed E-state index contributed by atoms with van der Waals surface area (Å²) in [4.78, 5) is 5.48. The second-order valence-electron chi connectivity index (χ2n) is 11.4. The van der Waals surface area contributed by atoms with Gasteiger partial charge in [-0.1, -0.05) is 41.0 Å². The van der Waals surface area contributed by atoms with Crippen LogP contribution >= 0.6 is 11.3 Å². The quantitative estimate of drug-likeness (QED) is 0.181. The minimum atomic E-state index is -0.627. The van der Waals surface area contributed by atoms with E-state index in [0.29, 0.717) is 25.7 Å². The Kier molecular flexibility index (Phi) is 15.2. The summed E-state index contributed by atoms with van der Waals surface area (Å²) >= 11 is 1.64. The van der Waals surface area contributed by atoms with Crippen LogP contribution in [0.2, 0.25) is 0 Å². The standard InChI is InChI=1S/C29H55NO5S/c1-10-23(4)13-17-34-29(9,12-3)28(8,11-2)21-35-27(6,7)15-18-33-20-25(31)19-32-16-14-26-24(5)30-22-36-26/h22-23,25,31H,10-21H2,1-9H3. The van der Waals surface area contributed by atoms with Gasteiger partial charge in [-0.2, -0.15) is 0 Å². The second-order valence-corrected chi connectivity index (χ2v) is 12.3. The van der Waals surface area contributed by atoms with Crippen LogP contribution in [0.1, 0.15) is 98.1 Å². The fourth-order valence-corrected chi connectivity index (χ4v) is 4.75. The van der Waals surface area contributed by atoms with Crippen LogP contribution in [-0.2, 0) is 25.4 Å². The van der Waals surface area contributed by atoms with Crippen molar-refractivity contribution < 1.29 is 24.1 Å². The van der Waals surface area contributed by atoms with Crippen LogP contribution in [0, 0.1) is 18.3 Å². The van der Waals surface area contributed by atoms with Gasteiger partial charge in [0.2, 0.25) is 0 Å². The van der Waals surface area contributed by atoms with Crippen LogP contribution in [0.3, 0.4) is 0 Å². The Morgan fingerprint density at radius 2 is 1.64 bits per heavy atom. The first-order valence-corrected chi connectivity index (χ1v) is 14.8. The van der Waals surface area contributed by atoms with Crippen molar-refractivity contribution in [3.63, 3.8) is 0 Å². The number of aromatic nitrogens is 1. The highest BCUT2D eigenvalue weighted by Crippen LogP contribution is 2.41. The van der Waals surface area contributed by atoms with E-state index in [1.54, 1.807) is 11.3 Å². The minimum Gasteiger partial charge on any atom is -0.388 e. The molecular formula is C29H55NO5S. The molecule has 0 aliphatic heterocycles. The van der Waals surface area contributed by atoms with E-state index in [1.807, 2.05) is 12.4 Å². The van der Waals surface area contributed by atoms with Crippen molar-refractivity contribution in [3.8, 4) is 0 Å². The van der Waals surface area contributed by atoms with Gasteiger partial charge in [-0.25, -0.2) is 4.98 Å². The van der Waals surface area contributed by atoms with Crippen LogP contribution in [0.4, 0.5) is 0 Å². The number of aliphatic hydroxyl groups excluding tert-OH is 1. The molecular weight excluding hydrogens is 474 g/mol. The lowest BCUT2D eigenvalue weighted by molar-refractivity contribution is -0.171. The third-order valence-corrected chi connectivity index (χ3v) is 9.02. The van der Waals surface area contributed by atoms with Crippen LogP contribution in [0.25, 0.3) is 0 Å². The van der Waals surface area contributed by atoms with Gasteiger partial charge in [0.15, 0.2) is 0 Å². The maximum atomic E-state index is 10.2. The maximum absolute atomic E-state index is 10.2. The molecule has 212 valence electrons. The molecule has 0 spiro atoms. The summed E-state index contributed by atoms with van der Waals surface area (Å²) in [5, 5.41) is 10.2. The third-order valence-electron chi connectivity index (χ3n) is 8.03. The van der Waals surface area contributed by atoms with E-state index in [4.69, 9.17) is 18.9 Å². The lowest BCUT2D eigenvalue weighted by Crippen LogP contribution is -2.50. The SMILES string of the molecule is CCC(C)CCOC(C)(CC)C(C)(CC)COC(C)(C)CCOCC(O)COCCc1scnc1C. The number of aryl methyl sites for hydroxylation is 1. The molecule has 7 heteroatoms. The van der Waals surface area contributed by atoms with Crippen molar-refractivity contribution in [1.29, 1.82) is 0 Å². The first-order chi connectivity index (χ1) is 16.9. The predicted molar refractivity (Wildman–Crippen MR) is 150 cm³/mol. The number of nitrogens with zero attached hydrogens (tertiary/aromatic N) is 1. The van der Waals surface area contributed by atoms with E-state index >= 15 is 0 Å². The summed E-state index contributed by atoms with van der Waals surface area (Å²) in [6.45, 7) is 22.8. The van der Waals surface area contributed by atoms with Gasteiger partial charge in [-0.05, 0) is 59.3 Å². The molecule has 0 fully saturated rings. The van der Waals surface area contributed by atoms with Gasteiger partial charge >= 0.3 is 0 Å². The average Bonchev–Trinajstić information content (AvgIpc) is 3.27. The van der Waals surface area contributed by atoms with Gasteiger partial charge in [0.1, 0.15) is 6.10 Å². The van der Waals surface area contributed by atoms with E-state index in [0.717, 1.165) is 44.4 Å². The van der Waals surface area contributed by atoms with Crippen LogP contribution in [0.15, 0.2) is 5.51 Å². The fourth-order valence-electron chi connectivity index (χ4n) is 3.98. The van der Waals surface area contributed by atoms with E-state index in [-0.39, 0.29) is 29.8 Å². The van der Waals surface area contributed by atoms with Gasteiger partial charge in [-0.3, -0.25) is 0 Å². The summed E-state index contributed by atoms with van der Waals surface area (Å²) in [5.74, 6) is 0.687. The van der Waals surface area contributed by atoms with Crippen molar-refractivity contribution in [2.24, 2.45) is 11.3 Å². The zero-order valence-electron chi connectivity index (χ0n) is 24.7. The van der Waals surface area contributed by atoms with Crippen molar-refractivity contribution >= 4 is 11.3 Å². The number of hydrogen-bond acceptors (Lipinski definition) is 7. The summed E-state index contributed by atoms with van der Waals surface area (Å²) in [5.41, 5.74) is 2.28. The van der Waals surface area contributed by atoms with Gasteiger partial charge in [0.25, 0.3) is 0 Å². The normalized spacial score (nSPS) is 17.5. The molecule has 6 nitrogen and oxygen atoms in total. The lowest BCUT2D eigenvalue weighted by atomic mass is 9.71. The Morgan fingerprint density at radius 3 is 2.19 bits per heavy atom. The Morgan fingerprint density at radius 1 is 0.972 bits per heavy atom. The average molecular weight is 530 g/mol. The smallest absolute Gasteiger partial charge is 0.101 e. The Bertz CT molecular complexity index is 712. The number of ether oxygens (including phenoxy) is 4. The second kappa shape index (κ2) is 16.4. The molecule has 1 rings (SSSR count). The van der Waals surface area contributed by atoms with Crippen LogP contribution in [-0.4, -0.2) is 67.0 Å². The highest BCUT2D eigenvalue weighted by molar-refractivity contribution is 7.09.